The number of nitrogens with zero attached hydrogens (tertiary/aromatic N) is 3. The van der Waals surface area contributed by atoms with Crippen LogP contribution in [0.5, 0.6) is 0 Å². The van der Waals surface area contributed by atoms with Crippen molar-refractivity contribution in [2.45, 2.75) is 13.3 Å². The molecule has 3 nitrogen and oxygen atoms in total. The second kappa shape index (κ2) is 6.43. The molecule has 1 aromatic rings. The first kappa shape index (κ1) is 12.9. The van der Waals surface area contributed by atoms with Gasteiger partial charge in [-0.05, 0) is 46.1 Å². The van der Waals surface area contributed by atoms with Gasteiger partial charge in [0.15, 0.2) is 0 Å². The second-order valence-electron chi connectivity index (χ2n) is 4.06. The van der Waals surface area contributed by atoms with Gasteiger partial charge in [0, 0.05) is 13.1 Å². The molecule has 16 heavy (non-hydrogen) atoms. The Morgan fingerprint density at radius 1 is 1.25 bits per heavy atom. The predicted octanol–water partition coefficient (Wildman–Crippen LogP) is 2.00. The highest BCUT2D eigenvalue weighted by molar-refractivity contribution is 5.37. The Bertz CT molecular complexity index is 315. The minimum atomic E-state index is -0.413. The minimum Gasteiger partial charge on any atom is -0.357 e. The summed E-state index contributed by atoms with van der Waals surface area (Å²) in [6, 6.07) is 4.92. The van der Waals surface area contributed by atoms with Gasteiger partial charge in [0.05, 0.1) is 0 Å². The maximum Gasteiger partial charge on any atom is 0.214 e. The van der Waals surface area contributed by atoms with Gasteiger partial charge in [-0.1, -0.05) is 6.07 Å². The van der Waals surface area contributed by atoms with E-state index in [0.29, 0.717) is 0 Å². The summed E-state index contributed by atoms with van der Waals surface area (Å²) in [5.74, 6) is 0.310. The Balaban J connectivity index is 2.53. The van der Waals surface area contributed by atoms with E-state index >= 15 is 0 Å². The number of halogens is 1. The van der Waals surface area contributed by atoms with Crippen molar-refractivity contribution in [2.75, 3.05) is 38.6 Å². The van der Waals surface area contributed by atoms with Gasteiger partial charge in [0.25, 0.3) is 0 Å². The summed E-state index contributed by atoms with van der Waals surface area (Å²) in [7, 11) is 4.10. The van der Waals surface area contributed by atoms with Gasteiger partial charge in [0.1, 0.15) is 5.82 Å². The first-order chi connectivity index (χ1) is 7.63. The van der Waals surface area contributed by atoms with Crippen molar-refractivity contribution >= 4 is 5.82 Å². The average Bonchev–Trinajstić information content (AvgIpc) is 2.24. The molecule has 0 saturated carbocycles. The first-order valence-corrected chi connectivity index (χ1v) is 5.65. The van der Waals surface area contributed by atoms with E-state index in [1.54, 1.807) is 6.07 Å². The zero-order valence-corrected chi connectivity index (χ0v) is 10.3. The maximum atomic E-state index is 13.0. The first-order valence-electron chi connectivity index (χ1n) is 5.65. The van der Waals surface area contributed by atoms with Crippen LogP contribution in [0.4, 0.5) is 10.2 Å². The fraction of sp³-hybridized carbons (Fsp3) is 0.583. The molecule has 0 spiro atoms. The second-order valence-corrected chi connectivity index (χ2v) is 4.06. The van der Waals surface area contributed by atoms with Gasteiger partial charge in [-0.2, -0.15) is 4.39 Å². The number of hydrogen-bond acceptors (Lipinski definition) is 3. The third kappa shape index (κ3) is 4.14. The molecule has 0 atom stereocenters. The van der Waals surface area contributed by atoms with E-state index in [0.717, 1.165) is 31.9 Å². The van der Waals surface area contributed by atoms with Crippen molar-refractivity contribution in [3.8, 4) is 0 Å². The summed E-state index contributed by atoms with van der Waals surface area (Å²) in [6.45, 7) is 4.85. The molecule has 1 heterocycles. The smallest absolute Gasteiger partial charge is 0.214 e. The molecule has 0 aliphatic carbocycles. The molecule has 0 bridgehead atoms. The number of pyridine rings is 1. The number of rotatable bonds is 6. The summed E-state index contributed by atoms with van der Waals surface area (Å²) >= 11 is 0. The van der Waals surface area contributed by atoms with Gasteiger partial charge in [-0.25, -0.2) is 4.98 Å². The third-order valence-electron chi connectivity index (χ3n) is 2.44. The fourth-order valence-electron chi connectivity index (χ4n) is 1.59. The van der Waals surface area contributed by atoms with Gasteiger partial charge >= 0.3 is 0 Å². The number of aromatic nitrogens is 1. The summed E-state index contributed by atoms with van der Waals surface area (Å²) in [5, 5.41) is 0. The number of anilines is 1. The van der Waals surface area contributed by atoms with E-state index in [4.69, 9.17) is 0 Å². The predicted molar refractivity (Wildman–Crippen MR) is 65.3 cm³/mol. The summed E-state index contributed by atoms with van der Waals surface area (Å²) in [4.78, 5) is 8.12. The summed E-state index contributed by atoms with van der Waals surface area (Å²) in [5.41, 5.74) is 0. The van der Waals surface area contributed by atoms with E-state index in [1.165, 1.54) is 6.07 Å². The summed E-state index contributed by atoms with van der Waals surface area (Å²) in [6.07, 6.45) is 1.05. The Morgan fingerprint density at radius 3 is 2.56 bits per heavy atom. The van der Waals surface area contributed by atoms with E-state index < -0.39 is 5.95 Å². The molecule has 90 valence electrons. The van der Waals surface area contributed by atoms with Crippen LogP contribution in [0.15, 0.2) is 18.2 Å². The van der Waals surface area contributed by atoms with Gasteiger partial charge in [-0.15, -0.1) is 0 Å². The molecular formula is C12H20FN3. The Hall–Kier alpha value is -1.16. The molecule has 1 rings (SSSR count). The highest BCUT2D eigenvalue weighted by Gasteiger charge is 2.06. The molecular weight excluding hydrogens is 205 g/mol. The van der Waals surface area contributed by atoms with Gasteiger partial charge < -0.3 is 9.80 Å². The van der Waals surface area contributed by atoms with Crippen molar-refractivity contribution in [3.05, 3.63) is 24.1 Å². The van der Waals surface area contributed by atoms with Gasteiger partial charge in [-0.3, -0.25) is 0 Å². The monoisotopic (exact) mass is 225 g/mol. The van der Waals surface area contributed by atoms with Crippen LogP contribution >= 0.6 is 0 Å². The molecule has 0 amide bonds. The Kier molecular flexibility index (Phi) is 5.19. The molecule has 0 fully saturated rings. The molecule has 0 radical (unpaired) electrons. The largest absolute Gasteiger partial charge is 0.357 e. The lowest BCUT2D eigenvalue weighted by Crippen LogP contribution is -2.27. The van der Waals surface area contributed by atoms with Crippen LogP contribution in [0.1, 0.15) is 13.3 Å². The SMILES string of the molecule is CCN(CCCN(C)C)c1cccc(F)n1. The van der Waals surface area contributed by atoms with Crippen LogP contribution in [-0.2, 0) is 0 Å². The van der Waals surface area contributed by atoms with Crippen LogP contribution in [0.3, 0.4) is 0 Å². The molecule has 0 unspecified atom stereocenters. The molecule has 0 N–H and O–H groups in total. The quantitative estimate of drug-likeness (QED) is 0.690. The van der Waals surface area contributed by atoms with Gasteiger partial charge in [0.2, 0.25) is 5.95 Å². The van der Waals surface area contributed by atoms with Crippen LogP contribution in [0, 0.1) is 5.95 Å². The van der Waals surface area contributed by atoms with E-state index in [-0.39, 0.29) is 0 Å². The number of hydrogen-bond donors (Lipinski definition) is 0. The molecule has 4 heteroatoms. The van der Waals surface area contributed by atoms with Crippen molar-refractivity contribution in [3.63, 3.8) is 0 Å². The minimum absolute atomic E-state index is 0.413. The van der Waals surface area contributed by atoms with E-state index in [9.17, 15) is 4.39 Å². The lowest BCUT2D eigenvalue weighted by molar-refractivity contribution is 0.400. The van der Waals surface area contributed by atoms with Crippen molar-refractivity contribution in [1.29, 1.82) is 0 Å². The van der Waals surface area contributed by atoms with Crippen LogP contribution in [0.2, 0.25) is 0 Å². The van der Waals surface area contributed by atoms with Crippen molar-refractivity contribution < 1.29 is 4.39 Å². The van der Waals surface area contributed by atoms with Crippen LogP contribution in [0.25, 0.3) is 0 Å². The van der Waals surface area contributed by atoms with Crippen LogP contribution in [-0.4, -0.2) is 43.6 Å². The van der Waals surface area contributed by atoms with Crippen molar-refractivity contribution in [2.24, 2.45) is 0 Å². The van der Waals surface area contributed by atoms with Crippen molar-refractivity contribution in [1.82, 2.24) is 9.88 Å². The molecule has 0 saturated heterocycles. The van der Waals surface area contributed by atoms with Crippen LogP contribution < -0.4 is 4.90 Å². The zero-order valence-electron chi connectivity index (χ0n) is 10.3. The molecule has 0 aromatic carbocycles. The molecule has 0 aliphatic heterocycles. The van der Waals surface area contributed by atoms with E-state index in [2.05, 4.69) is 35.8 Å². The highest BCUT2D eigenvalue weighted by Crippen LogP contribution is 2.10. The Morgan fingerprint density at radius 2 is 2.00 bits per heavy atom. The molecule has 0 aliphatic rings. The average molecular weight is 225 g/mol. The lowest BCUT2D eigenvalue weighted by atomic mass is 10.3. The fourth-order valence-corrected chi connectivity index (χ4v) is 1.59. The topological polar surface area (TPSA) is 19.4 Å². The third-order valence-corrected chi connectivity index (χ3v) is 2.44. The maximum absolute atomic E-state index is 13.0. The lowest BCUT2D eigenvalue weighted by Gasteiger charge is -2.22. The highest BCUT2D eigenvalue weighted by atomic mass is 19.1. The molecule has 1 aromatic heterocycles. The Labute approximate surface area is 96.9 Å². The normalized spacial score (nSPS) is 10.8. The standard InChI is InChI=1S/C12H20FN3/c1-4-16(10-6-9-15(2)3)12-8-5-7-11(13)14-12/h5,7-8H,4,6,9-10H2,1-3H3. The zero-order chi connectivity index (χ0) is 12.0. The summed E-state index contributed by atoms with van der Waals surface area (Å²) < 4.78 is 13.0. The van der Waals surface area contributed by atoms with E-state index in [1.807, 2.05) is 6.07 Å².